The number of amides is 1. The van der Waals surface area contributed by atoms with Crippen LogP contribution in [-0.2, 0) is 11.3 Å². The van der Waals surface area contributed by atoms with Crippen molar-refractivity contribution < 1.29 is 19.0 Å². The van der Waals surface area contributed by atoms with E-state index in [0.717, 1.165) is 11.1 Å². The zero-order valence-electron chi connectivity index (χ0n) is 13.9. The van der Waals surface area contributed by atoms with E-state index >= 15 is 0 Å². The third kappa shape index (κ3) is 5.06. The van der Waals surface area contributed by atoms with E-state index in [2.05, 4.69) is 5.32 Å². The predicted molar refractivity (Wildman–Crippen MR) is 90.2 cm³/mol. The summed E-state index contributed by atoms with van der Waals surface area (Å²) in [5.74, 6) is 0.0505. The van der Waals surface area contributed by atoms with Crippen molar-refractivity contribution in [1.82, 2.24) is 5.32 Å². The van der Waals surface area contributed by atoms with Crippen LogP contribution in [-0.4, -0.2) is 17.6 Å². The first-order chi connectivity index (χ1) is 11.5. The van der Waals surface area contributed by atoms with Crippen LogP contribution in [0.3, 0.4) is 0 Å². The minimum atomic E-state index is -0.485. The zero-order valence-corrected chi connectivity index (χ0v) is 13.9. The maximum Gasteiger partial charge on any atom is 0.258 e. The summed E-state index contributed by atoms with van der Waals surface area (Å²) in [5, 5.41) is 12.5. The molecule has 1 amide bonds. The molecule has 2 aromatic carbocycles. The number of aliphatic hydroxyl groups excluding tert-OH is 1. The van der Waals surface area contributed by atoms with Crippen LogP contribution in [0.2, 0.25) is 0 Å². The first-order valence-corrected chi connectivity index (χ1v) is 7.92. The Bertz CT molecular complexity index is 686. The zero-order chi connectivity index (χ0) is 17.5. The van der Waals surface area contributed by atoms with Gasteiger partial charge in [-0.2, -0.15) is 0 Å². The Morgan fingerprint density at radius 3 is 2.58 bits per heavy atom. The smallest absolute Gasteiger partial charge is 0.258 e. The fourth-order valence-electron chi connectivity index (χ4n) is 2.24. The molecule has 0 aliphatic carbocycles. The van der Waals surface area contributed by atoms with E-state index in [9.17, 15) is 14.3 Å². The maximum atomic E-state index is 13.2. The summed E-state index contributed by atoms with van der Waals surface area (Å²) in [6, 6.07) is 11.7. The van der Waals surface area contributed by atoms with E-state index < -0.39 is 6.10 Å². The van der Waals surface area contributed by atoms with Gasteiger partial charge in [0.15, 0.2) is 6.61 Å². The number of carbonyl (C=O) groups excluding carboxylic acids is 1. The monoisotopic (exact) mass is 331 g/mol. The Morgan fingerprint density at radius 2 is 1.96 bits per heavy atom. The molecule has 4 nitrogen and oxygen atoms in total. The summed E-state index contributed by atoms with van der Waals surface area (Å²) in [7, 11) is 0. The summed E-state index contributed by atoms with van der Waals surface area (Å²) < 4.78 is 18.6. The van der Waals surface area contributed by atoms with Gasteiger partial charge in [-0.1, -0.05) is 31.2 Å². The molecule has 5 heteroatoms. The van der Waals surface area contributed by atoms with Crippen LogP contribution in [0, 0.1) is 12.7 Å². The Labute approximate surface area is 141 Å². The molecule has 0 heterocycles. The number of benzene rings is 2. The molecule has 1 atom stereocenters. The van der Waals surface area contributed by atoms with Gasteiger partial charge in [0, 0.05) is 6.54 Å². The molecular weight excluding hydrogens is 309 g/mol. The largest absolute Gasteiger partial charge is 0.484 e. The molecule has 0 saturated carbocycles. The van der Waals surface area contributed by atoms with Gasteiger partial charge in [0.25, 0.3) is 5.91 Å². The van der Waals surface area contributed by atoms with Gasteiger partial charge in [0.05, 0.1) is 6.10 Å². The van der Waals surface area contributed by atoms with Crippen LogP contribution in [0.25, 0.3) is 0 Å². The van der Waals surface area contributed by atoms with Gasteiger partial charge in [0.1, 0.15) is 11.6 Å². The van der Waals surface area contributed by atoms with Crippen molar-refractivity contribution in [3.8, 4) is 5.75 Å². The summed E-state index contributed by atoms with van der Waals surface area (Å²) in [4.78, 5) is 11.8. The number of nitrogens with one attached hydrogen (secondary N) is 1. The Balaban J connectivity index is 1.79. The molecule has 24 heavy (non-hydrogen) atoms. The van der Waals surface area contributed by atoms with Crippen LogP contribution in [0.4, 0.5) is 4.39 Å². The first kappa shape index (κ1) is 17.9. The number of rotatable bonds is 7. The number of aryl methyl sites for hydroxylation is 1. The highest BCUT2D eigenvalue weighted by atomic mass is 19.1. The molecule has 1 unspecified atom stereocenters. The van der Waals surface area contributed by atoms with Crippen molar-refractivity contribution >= 4 is 5.91 Å². The second-order valence-electron chi connectivity index (χ2n) is 5.64. The van der Waals surface area contributed by atoms with E-state index in [4.69, 9.17) is 4.74 Å². The molecule has 0 aliphatic rings. The standard InChI is InChI=1S/C19H22FNO3/c1-3-18(22)15-5-7-16(8-6-15)24-12-19(23)21-11-14-4-9-17(20)13(2)10-14/h4-10,18,22H,3,11-12H2,1-2H3,(H,21,23). The first-order valence-electron chi connectivity index (χ1n) is 7.92. The van der Waals surface area contributed by atoms with Crippen molar-refractivity contribution in [2.24, 2.45) is 0 Å². The van der Waals surface area contributed by atoms with Gasteiger partial charge in [-0.15, -0.1) is 0 Å². The molecular formula is C19H22FNO3. The lowest BCUT2D eigenvalue weighted by atomic mass is 10.1. The quantitative estimate of drug-likeness (QED) is 0.819. The average molecular weight is 331 g/mol. The van der Waals surface area contributed by atoms with Crippen molar-refractivity contribution in [2.45, 2.75) is 32.9 Å². The molecule has 2 N–H and O–H groups in total. The van der Waals surface area contributed by atoms with Gasteiger partial charge in [-0.3, -0.25) is 4.79 Å². The lowest BCUT2D eigenvalue weighted by Crippen LogP contribution is -2.28. The summed E-state index contributed by atoms with van der Waals surface area (Å²) in [6.07, 6.45) is 0.160. The molecule has 128 valence electrons. The van der Waals surface area contributed by atoms with Gasteiger partial charge in [-0.25, -0.2) is 4.39 Å². The molecule has 0 fully saturated rings. The SMILES string of the molecule is CCC(O)c1ccc(OCC(=O)NCc2ccc(F)c(C)c2)cc1. The van der Waals surface area contributed by atoms with Gasteiger partial charge in [0.2, 0.25) is 0 Å². The van der Waals surface area contributed by atoms with Crippen LogP contribution >= 0.6 is 0 Å². The van der Waals surface area contributed by atoms with E-state index in [1.807, 2.05) is 6.92 Å². The Morgan fingerprint density at radius 1 is 1.25 bits per heavy atom. The lowest BCUT2D eigenvalue weighted by Gasteiger charge is -2.10. The van der Waals surface area contributed by atoms with Crippen molar-refractivity contribution in [3.63, 3.8) is 0 Å². The number of carbonyl (C=O) groups is 1. The minimum absolute atomic E-state index is 0.101. The van der Waals surface area contributed by atoms with Crippen LogP contribution in [0.1, 0.15) is 36.1 Å². The number of halogens is 1. The van der Waals surface area contributed by atoms with Crippen molar-refractivity contribution in [3.05, 3.63) is 65.0 Å². The Hall–Kier alpha value is -2.40. The summed E-state index contributed by atoms with van der Waals surface area (Å²) in [6.45, 7) is 3.81. The molecule has 0 aromatic heterocycles. The van der Waals surface area contributed by atoms with Gasteiger partial charge >= 0.3 is 0 Å². The highest BCUT2D eigenvalue weighted by Gasteiger charge is 2.07. The molecule has 0 saturated heterocycles. The lowest BCUT2D eigenvalue weighted by molar-refractivity contribution is -0.123. The summed E-state index contributed by atoms with van der Waals surface area (Å²) >= 11 is 0. The molecule has 0 radical (unpaired) electrons. The number of hydrogen-bond donors (Lipinski definition) is 2. The third-order valence-corrected chi connectivity index (χ3v) is 3.73. The van der Waals surface area contributed by atoms with Crippen molar-refractivity contribution in [2.75, 3.05) is 6.61 Å². The maximum absolute atomic E-state index is 13.2. The fraction of sp³-hybridized carbons (Fsp3) is 0.316. The molecule has 2 rings (SSSR count). The normalized spacial score (nSPS) is 11.8. The van der Waals surface area contributed by atoms with Crippen molar-refractivity contribution in [1.29, 1.82) is 0 Å². The van der Waals surface area contributed by atoms with Gasteiger partial charge in [-0.05, 0) is 48.2 Å². The minimum Gasteiger partial charge on any atom is -0.484 e. The second kappa shape index (κ2) is 8.45. The van der Waals surface area contributed by atoms with E-state index in [0.29, 0.717) is 24.3 Å². The molecule has 0 aliphatic heterocycles. The highest BCUT2D eigenvalue weighted by Crippen LogP contribution is 2.19. The highest BCUT2D eigenvalue weighted by molar-refractivity contribution is 5.77. The fourth-order valence-corrected chi connectivity index (χ4v) is 2.24. The number of aliphatic hydroxyl groups is 1. The van der Waals surface area contributed by atoms with E-state index in [1.165, 1.54) is 6.07 Å². The molecule has 2 aromatic rings. The van der Waals surface area contributed by atoms with Crippen LogP contribution in [0.15, 0.2) is 42.5 Å². The van der Waals surface area contributed by atoms with E-state index in [1.54, 1.807) is 43.3 Å². The average Bonchev–Trinajstić information content (AvgIpc) is 2.60. The van der Waals surface area contributed by atoms with Gasteiger partial charge < -0.3 is 15.2 Å². The third-order valence-electron chi connectivity index (χ3n) is 3.73. The number of hydrogen-bond acceptors (Lipinski definition) is 3. The summed E-state index contributed by atoms with van der Waals surface area (Å²) in [5.41, 5.74) is 2.20. The van der Waals surface area contributed by atoms with Crippen LogP contribution in [0.5, 0.6) is 5.75 Å². The molecule has 0 spiro atoms. The Kier molecular flexibility index (Phi) is 6.32. The number of ether oxygens (including phenoxy) is 1. The van der Waals surface area contributed by atoms with Crippen LogP contribution < -0.4 is 10.1 Å². The second-order valence-corrected chi connectivity index (χ2v) is 5.64. The van der Waals surface area contributed by atoms with E-state index in [-0.39, 0.29) is 18.3 Å². The predicted octanol–water partition coefficient (Wildman–Crippen LogP) is 3.27. The molecule has 0 bridgehead atoms. The topological polar surface area (TPSA) is 58.6 Å².